The molecule has 16 heavy (non-hydrogen) atoms. The predicted molar refractivity (Wildman–Crippen MR) is 64.5 cm³/mol. The zero-order valence-electron chi connectivity index (χ0n) is 9.69. The maximum absolute atomic E-state index is 11.5. The fourth-order valence-electron chi connectivity index (χ4n) is 1.17. The van der Waals surface area contributed by atoms with Crippen molar-refractivity contribution in [1.29, 1.82) is 0 Å². The monoisotopic (exact) mass is 222 g/mol. The summed E-state index contributed by atoms with van der Waals surface area (Å²) >= 11 is 0. The van der Waals surface area contributed by atoms with Crippen molar-refractivity contribution < 1.29 is 9.53 Å². The highest BCUT2D eigenvalue weighted by atomic mass is 16.5. The second-order valence-electron chi connectivity index (χ2n) is 3.58. The molecule has 0 aliphatic carbocycles. The Kier molecular flexibility index (Phi) is 4.79. The van der Waals surface area contributed by atoms with Gasteiger partial charge in [-0.1, -0.05) is 6.92 Å². The minimum atomic E-state index is -0.174. The maximum atomic E-state index is 11.5. The first-order chi connectivity index (χ1) is 7.67. The number of carbonyl (C=O) groups excluding carboxylic acids is 1. The number of benzene rings is 1. The standard InChI is InChI=1S/C12H18N2O2/c1-3-16-11-6-4-10(5-7-11)14-12(15)9(2)8-13/h4-7,9H,3,8,13H2,1-2H3,(H,14,15). The number of hydrogen-bond acceptors (Lipinski definition) is 3. The largest absolute Gasteiger partial charge is 0.494 e. The molecule has 3 N–H and O–H groups in total. The van der Waals surface area contributed by atoms with E-state index in [1.807, 2.05) is 31.2 Å². The van der Waals surface area contributed by atoms with Gasteiger partial charge in [-0.25, -0.2) is 0 Å². The third-order valence-electron chi connectivity index (χ3n) is 2.23. The average Bonchev–Trinajstić information content (AvgIpc) is 2.31. The van der Waals surface area contributed by atoms with Crippen LogP contribution in [0.4, 0.5) is 5.69 Å². The second kappa shape index (κ2) is 6.12. The Morgan fingerprint density at radius 3 is 2.56 bits per heavy atom. The van der Waals surface area contributed by atoms with E-state index >= 15 is 0 Å². The Balaban J connectivity index is 2.58. The molecule has 0 radical (unpaired) electrons. The zero-order valence-corrected chi connectivity index (χ0v) is 9.69. The van der Waals surface area contributed by atoms with Gasteiger partial charge in [0.15, 0.2) is 0 Å². The molecule has 0 saturated carbocycles. The average molecular weight is 222 g/mol. The van der Waals surface area contributed by atoms with Crippen LogP contribution in [0.25, 0.3) is 0 Å². The van der Waals surface area contributed by atoms with Crippen molar-refractivity contribution in [1.82, 2.24) is 0 Å². The van der Waals surface area contributed by atoms with E-state index in [4.69, 9.17) is 10.5 Å². The highest BCUT2D eigenvalue weighted by Crippen LogP contribution is 2.16. The van der Waals surface area contributed by atoms with Crippen LogP contribution in [0.15, 0.2) is 24.3 Å². The van der Waals surface area contributed by atoms with Gasteiger partial charge in [0.1, 0.15) is 5.75 Å². The SMILES string of the molecule is CCOc1ccc(NC(=O)C(C)CN)cc1. The van der Waals surface area contributed by atoms with Crippen LogP contribution in [0, 0.1) is 5.92 Å². The van der Waals surface area contributed by atoms with Gasteiger partial charge in [-0.05, 0) is 31.2 Å². The molecule has 1 atom stereocenters. The Labute approximate surface area is 95.8 Å². The fourth-order valence-corrected chi connectivity index (χ4v) is 1.17. The molecule has 0 aromatic heterocycles. The molecular weight excluding hydrogens is 204 g/mol. The number of rotatable bonds is 5. The van der Waals surface area contributed by atoms with E-state index < -0.39 is 0 Å². The van der Waals surface area contributed by atoms with Crippen LogP contribution in [0.1, 0.15) is 13.8 Å². The van der Waals surface area contributed by atoms with Crippen molar-refractivity contribution in [3.63, 3.8) is 0 Å². The number of nitrogens with two attached hydrogens (primary N) is 1. The van der Waals surface area contributed by atoms with Crippen LogP contribution >= 0.6 is 0 Å². The molecule has 1 aromatic rings. The van der Waals surface area contributed by atoms with Gasteiger partial charge in [0.2, 0.25) is 5.91 Å². The van der Waals surface area contributed by atoms with E-state index in [0.717, 1.165) is 11.4 Å². The lowest BCUT2D eigenvalue weighted by molar-refractivity contribution is -0.119. The van der Waals surface area contributed by atoms with Gasteiger partial charge in [0, 0.05) is 18.2 Å². The summed E-state index contributed by atoms with van der Waals surface area (Å²) in [5.41, 5.74) is 6.17. The summed E-state index contributed by atoms with van der Waals surface area (Å²) in [4.78, 5) is 11.5. The van der Waals surface area contributed by atoms with Crippen molar-refractivity contribution in [3.05, 3.63) is 24.3 Å². The number of hydrogen-bond donors (Lipinski definition) is 2. The summed E-state index contributed by atoms with van der Waals surface area (Å²) < 4.78 is 5.30. The van der Waals surface area contributed by atoms with Crippen LogP contribution in [-0.4, -0.2) is 19.1 Å². The lowest BCUT2D eigenvalue weighted by atomic mass is 10.1. The van der Waals surface area contributed by atoms with Gasteiger partial charge in [-0.15, -0.1) is 0 Å². The van der Waals surface area contributed by atoms with Gasteiger partial charge in [0.25, 0.3) is 0 Å². The molecule has 0 fully saturated rings. The van der Waals surface area contributed by atoms with Crippen LogP contribution < -0.4 is 15.8 Å². The molecule has 4 heteroatoms. The van der Waals surface area contributed by atoms with E-state index in [0.29, 0.717) is 13.2 Å². The normalized spacial score (nSPS) is 11.9. The van der Waals surface area contributed by atoms with Crippen molar-refractivity contribution in [2.75, 3.05) is 18.5 Å². The molecule has 0 spiro atoms. The summed E-state index contributed by atoms with van der Waals surface area (Å²) in [5.74, 6) is 0.561. The van der Waals surface area contributed by atoms with E-state index in [1.165, 1.54) is 0 Å². The van der Waals surface area contributed by atoms with E-state index in [9.17, 15) is 4.79 Å². The number of carbonyl (C=O) groups is 1. The minimum absolute atomic E-state index is 0.0633. The number of nitrogens with one attached hydrogen (secondary N) is 1. The predicted octanol–water partition coefficient (Wildman–Crippen LogP) is 1.62. The molecule has 4 nitrogen and oxygen atoms in total. The van der Waals surface area contributed by atoms with Gasteiger partial charge in [0.05, 0.1) is 6.61 Å². The summed E-state index contributed by atoms with van der Waals surface area (Å²) in [6, 6.07) is 7.27. The Hall–Kier alpha value is -1.55. The van der Waals surface area contributed by atoms with Crippen molar-refractivity contribution in [2.24, 2.45) is 11.7 Å². The highest BCUT2D eigenvalue weighted by Gasteiger charge is 2.10. The number of ether oxygens (including phenoxy) is 1. The third kappa shape index (κ3) is 3.55. The molecule has 1 aromatic carbocycles. The molecule has 0 aliphatic rings. The van der Waals surface area contributed by atoms with Gasteiger partial charge < -0.3 is 15.8 Å². The Morgan fingerprint density at radius 1 is 1.44 bits per heavy atom. The third-order valence-corrected chi connectivity index (χ3v) is 2.23. The lowest BCUT2D eigenvalue weighted by Crippen LogP contribution is -2.26. The quantitative estimate of drug-likeness (QED) is 0.795. The lowest BCUT2D eigenvalue weighted by Gasteiger charge is -2.10. The molecule has 0 bridgehead atoms. The summed E-state index contributed by atoms with van der Waals surface area (Å²) in [6.45, 7) is 4.71. The van der Waals surface area contributed by atoms with E-state index in [-0.39, 0.29) is 11.8 Å². The highest BCUT2D eigenvalue weighted by molar-refractivity contribution is 5.92. The first-order valence-electron chi connectivity index (χ1n) is 5.41. The molecule has 0 heterocycles. The van der Waals surface area contributed by atoms with Crippen molar-refractivity contribution >= 4 is 11.6 Å². The molecule has 1 amide bonds. The topological polar surface area (TPSA) is 64.3 Å². The second-order valence-corrected chi connectivity index (χ2v) is 3.58. The molecule has 1 unspecified atom stereocenters. The molecule has 0 saturated heterocycles. The van der Waals surface area contributed by atoms with Crippen molar-refractivity contribution in [2.45, 2.75) is 13.8 Å². The summed E-state index contributed by atoms with van der Waals surface area (Å²) in [7, 11) is 0. The zero-order chi connectivity index (χ0) is 12.0. The van der Waals surface area contributed by atoms with Crippen LogP contribution in [0.2, 0.25) is 0 Å². The van der Waals surface area contributed by atoms with E-state index in [2.05, 4.69) is 5.32 Å². The summed E-state index contributed by atoms with van der Waals surface area (Å²) in [5, 5.41) is 2.79. The maximum Gasteiger partial charge on any atom is 0.228 e. The van der Waals surface area contributed by atoms with E-state index in [1.54, 1.807) is 6.92 Å². The molecular formula is C12H18N2O2. The van der Waals surface area contributed by atoms with Crippen LogP contribution in [0.5, 0.6) is 5.75 Å². The van der Waals surface area contributed by atoms with Crippen LogP contribution in [-0.2, 0) is 4.79 Å². The molecule has 88 valence electrons. The first kappa shape index (κ1) is 12.5. The Morgan fingerprint density at radius 2 is 2.06 bits per heavy atom. The number of amides is 1. The van der Waals surface area contributed by atoms with Gasteiger partial charge >= 0.3 is 0 Å². The number of anilines is 1. The minimum Gasteiger partial charge on any atom is -0.494 e. The smallest absolute Gasteiger partial charge is 0.228 e. The van der Waals surface area contributed by atoms with Crippen LogP contribution in [0.3, 0.4) is 0 Å². The Bertz CT molecular complexity index is 335. The van der Waals surface area contributed by atoms with Crippen molar-refractivity contribution in [3.8, 4) is 5.75 Å². The first-order valence-corrected chi connectivity index (χ1v) is 5.41. The van der Waals surface area contributed by atoms with Gasteiger partial charge in [-0.3, -0.25) is 4.79 Å². The fraction of sp³-hybridized carbons (Fsp3) is 0.417. The molecule has 1 rings (SSSR count). The van der Waals surface area contributed by atoms with Gasteiger partial charge in [-0.2, -0.15) is 0 Å². The summed E-state index contributed by atoms with van der Waals surface area (Å²) in [6.07, 6.45) is 0. The molecule has 0 aliphatic heterocycles.